The maximum atomic E-state index is 11.0. The highest BCUT2D eigenvalue weighted by atomic mass is 16.6. The van der Waals surface area contributed by atoms with Crippen molar-refractivity contribution in [2.24, 2.45) is 5.73 Å². The number of nitrogens with zero attached hydrogens (tertiary/aromatic N) is 1. The maximum Gasteiger partial charge on any atom is 0.315 e. The Hall–Kier alpha value is -1.82. The van der Waals surface area contributed by atoms with Gasteiger partial charge in [-0.25, -0.2) is 0 Å². The van der Waals surface area contributed by atoms with Gasteiger partial charge in [0.2, 0.25) is 5.75 Å². The third-order valence-electron chi connectivity index (χ3n) is 2.10. The molecule has 94 valence electrons. The molecule has 17 heavy (non-hydrogen) atoms. The zero-order valence-electron chi connectivity index (χ0n) is 10.1. The van der Waals surface area contributed by atoms with Crippen LogP contribution in [-0.4, -0.2) is 18.1 Å². The van der Waals surface area contributed by atoms with E-state index in [-0.39, 0.29) is 24.1 Å². The molecule has 0 amide bonds. The minimum absolute atomic E-state index is 0.126. The predicted octanol–water partition coefficient (Wildman–Crippen LogP) is 1.85. The molecule has 0 saturated heterocycles. The fourth-order valence-corrected chi connectivity index (χ4v) is 1.40. The van der Waals surface area contributed by atoms with Gasteiger partial charge in [0.1, 0.15) is 0 Å². The molecule has 2 N–H and O–H groups in total. The van der Waals surface area contributed by atoms with E-state index >= 15 is 0 Å². The lowest BCUT2D eigenvalue weighted by Gasteiger charge is -2.14. The fourth-order valence-electron chi connectivity index (χ4n) is 1.40. The first kappa shape index (κ1) is 13.2. The van der Waals surface area contributed by atoms with Gasteiger partial charge in [0.05, 0.1) is 18.1 Å². The summed E-state index contributed by atoms with van der Waals surface area (Å²) in [6.07, 6.45) is -0.175. The molecule has 0 aromatic heterocycles. The topological polar surface area (TPSA) is 87.6 Å². The van der Waals surface area contributed by atoms with Crippen LogP contribution >= 0.6 is 0 Å². The molecule has 0 spiro atoms. The summed E-state index contributed by atoms with van der Waals surface area (Å²) in [4.78, 5) is 10.5. The number of rotatable bonds is 5. The summed E-state index contributed by atoms with van der Waals surface area (Å²) in [5.74, 6) is 0.470. The molecule has 0 unspecified atom stereocenters. The Labute approximate surface area is 99.5 Å². The van der Waals surface area contributed by atoms with Crippen molar-refractivity contribution in [1.82, 2.24) is 0 Å². The second kappa shape index (κ2) is 5.49. The van der Waals surface area contributed by atoms with Crippen LogP contribution in [0.4, 0.5) is 5.69 Å². The monoisotopic (exact) mass is 240 g/mol. The number of hydrogen-bond donors (Lipinski definition) is 1. The molecule has 6 nitrogen and oxygen atoms in total. The average molecular weight is 240 g/mol. The fraction of sp³-hybridized carbons (Fsp3) is 0.455. The van der Waals surface area contributed by atoms with E-state index < -0.39 is 4.92 Å². The van der Waals surface area contributed by atoms with E-state index in [0.29, 0.717) is 11.3 Å². The van der Waals surface area contributed by atoms with Crippen molar-refractivity contribution in [3.05, 3.63) is 27.8 Å². The zero-order chi connectivity index (χ0) is 13.0. The maximum absolute atomic E-state index is 11.0. The quantitative estimate of drug-likeness (QED) is 0.626. The number of nitro groups is 1. The Balaban J connectivity index is 3.35. The predicted molar refractivity (Wildman–Crippen MR) is 63.3 cm³/mol. The van der Waals surface area contributed by atoms with Gasteiger partial charge in [-0.2, -0.15) is 0 Å². The van der Waals surface area contributed by atoms with Crippen LogP contribution in [0.5, 0.6) is 11.5 Å². The van der Waals surface area contributed by atoms with Gasteiger partial charge >= 0.3 is 5.69 Å². The number of hydrogen-bond acceptors (Lipinski definition) is 5. The first-order valence-electron chi connectivity index (χ1n) is 5.21. The number of nitro benzene ring substituents is 1. The zero-order valence-corrected chi connectivity index (χ0v) is 10.1. The summed E-state index contributed by atoms with van der Waals surface area (Å²) in [6.45, 7) is 3.79. The lowest BCUT2D eigenvalue weighted by Crippen LogP contribution is -2.09. The molecule has 0 fully saturated rings. The molecular formula is C11H16N2O4. The summed E-state index contributed by atoms with van der Waals surface area (Å²) in [7, 11) is 1.44. The van der Waals surface area contributed by atoms with E-state index in [9.17, 15) is 10.1 Å². The Morgan fingerprint density at radius 1 is 1.47 bits per heavy atom. The summed E-state index contributed by atoms with van der Waals surface area (Å²) in [6, 6.07) is 3.05. The molecule has 0 aliphatic heterocycles. The van der Waals surface area contributed by atoms with Gasteiger partial charge in [-0.15, -0.1) is 0 Å². The normalized spacial score (nSPS) is 10.4. The molecule has 0 saturated carbocycles. The molecule has 1 aromatic carbocycles. The van der Waals surface area contributed by atoms with Crippen LogP contribution in [0.3, 0.4) is 0 Å². The second-order valence-corrected chi connectivity index (χ2v) is 3.77. The van der Waals surface area contributed by atoms with E-state index in [1.54, 1.807) is 19.9 Å². The van der Waals surface area contributed by atoms with Crippen LogP contribution in [0.25, 0.3) is 0 Å². The lowest BCUT2D eigenvalue weighted by atomic mass is 10.1. The van der Waals surface area contributed by atoms with E-state index in [0.717, 1.165) is 0 Å². The van der Waals surface area contributed by atoms with Crippen molar-refractivity contribution < 1.29 is 14.4 Å². The Morgan fingerprint density at radius 2 is 2.12 bits per heavy atom. The molecular weight excluding hydrogens is 224 g/mol. The Kier molecular flexibility index (Phi) is 4.28. The molecule has 0 radical (unpaired) electrons. The van der Waals surface area contributed by atoms with Gasteiger partial charge in [-0.1, -0.05) is 0 Å². The van der Waals surface area contributed by atoms with E-state index in [1.807, 2.05) is 0 Å². The molecule has 1 aromatic rings. The van der Waals surface area contributed by atoms with Crippen LogP contribution < -0.4 is 15.2 Å². The van der Waals surface area contributed by atoms with Crippen molar-refractivity contribution in [3.8, 4) is 11.5 Å². The van der Waals surface area contributed by atoms with Gasteiger partial charge in [-0.3, -0.25) is 10.1 Å². The van der Waals surface area contributed by atoms with Gasteiger partial charge in [-0.05, 0) is 25.5 Å². The number of benzene rings is 1. The molecule has 0 aliphatic rings. The Bertz CT molecular complexity index is 418. The largest absolute Gasteiger partial charge is 0.493 e. The van der Waals surface area contributed by atoms with Gasteiger partial charge in [0, 0.05) is 12.6 Å². The van der Waals surface area contributed by atoms with Crippen LogP contribution in [0.15, 0.2) is 12.1 Å². The van der Waals surface area contributed by atoms with Crippen molar-refractivity contribution in [1.29, 1.82) is 0 Å². The second-order valence-electron chi connectivity index (χ2n) is 3.77. The highest BCUT2D eigenvalue weighted by Gasteiger charge is 2.22. The summed E-state index contributed by atoms with van der Waals surface area (Å²) < 4.78 is 10.5. The average Bonchev–Trinajstić information content (AvgIpc) is 2.28. The molecule has 0 aliphatic carbocycles. The molecule has 6 heteroatoms. The van der Waals surface area contributed by atoms with E-state index in [2.05, 4.69) is 0 Å². The van der Waals surface area contributed by atoms with Crippen LogP contribution in [-0.2, 0) is 6.54 Å². The van der Waals surface area contributed by atoms with E-state index in [4.69, 9.17) is 15.2 Å². The molecule has 0 heterocycles. The van der Waals surface area contributed by atoms with Gasteiger partial charge in [0.15, 0.2) is 5.75 Å². The summed E-state index contributed by atoms with van der Waals surface area (Å²) in [5.41, 5.74) is 5.98. The number of methoxy groups -OCH3 is 1. The van der Waals surface area contributed by atoms with Crippen molar-refractivity contribution in [2.75, 3.05) is 7.11 Å². The van der Waals surface area contributed by atoms with Crippen molar-refractivity contribution >= 4 is 5.69 Å². The first-order valence-corrected chi connectivity index (χ1v) is 5.21. The number of ether oxygens (including phenoxy) is 2. The highest BCUT2D eigenvalue weighted by molar-refractivity contribution is 5.58. The molecule has 1 rings (SSSR count). The van der Waals surface area contributed by atoms with Gasteiger partial charge in [0.25, 0.3) is 0 Å². The Morgan fingerprint density at radius 3 is 2.53 bits per heavy atom. The number of nitrogens with two attached hydrogens (primary N) is 1. The van der Waals surface area contributed by atoms with Gasteiger partial charge < -0.3 is 15.2 Å². The van der Waals surface area contributed by atoms with E-state index in [1.165, 1.54) is 13.2 Å². The van der Waals surface area contributed by atoms with Crippen LogP contribution in [0, 0.1) is 10.1 Å². The SMILES string of the molecule is COc1cc(CN)cc([N+](=O)[O-])c1OC(C)C. The standard InChI is InChI=1S/C11H16N2O4/c1-7(2)17-11-9(13(14)15)4-8(6-12)5-10(11)16-3/h4-5,7H,6,12H2,1-3H3. The minimum atomic E-state index is -0.501. The van der Waals surface area contributed by atoms with Crippen LogP contribution in [0.1, 0.15) is 19.4 Å². The minimum Gasteiger partial charge on any atom is -0.493 e. The molecule has 0 bridgehead atoms. The lowest BCUT2D eigenvalue weighted by molar-refractivity contribution is -0.386. The summed E-state index contributed by atoms with van der Waals surface area (Å²) in [5, 5.41) is 11.0. The highest BCUT2D eigenvalue weighted by Crippen LogP contribution is 2.38. The molecule has 0 atom stereocenters. The van der Waals surface area contributed by atoms with Crippen molar-refractivity contribution in [2.45, 2.75) is 26.5 Å². The smallest absolute Gasteiger partial charge is 0.315 e. The van der Waals surface area contributed by atoms with Crippen LogP contribution in [0.2, 0.25) is 0 Å². The summed E-state index contributed by atoms with van der Waals surface area (Å²) >= 11 is 0. The third kappa shape index (κ3) is 3.07. The van der Waals surface area contributed by atoms with Crippen molar-refractivity contribution in [3.63, 3.8) is 0 Å². The first-order chi connectivity index (χ1) is 7.99. The third-order valence-corrected chi connectivity index (χ3v) is 2.10.